The highest BCUT2D eigenvalue weighted by molar-refractivity contribution is 7.92. The maximum absolute atomic E-state index is 13.7. The highest BCUT2D eigenvalue weighted by atomic mass is 35.5. The number of nitrogens with zero attached hydrogens (tertiary/aromatic N) is 2. The Morgan fingerprint density at radius 3 is 2.19 bits per heavy atom. The van der Waals surface area contributed by atoms with Gasteiger partial charge in [0.1, 0.15) is 12.6 Å². The van der Waals surface area contributed by atoms with E-state index in [1.54, 1.807) is 50.2 Å². The van der Waals surface area contributed by atoms with E-state index < -0.39 is 28.5 Å². The second-order valence-electron chi connectivity index (χ2n) is 8.71. The highest BCUT2D eigenvalue weighted by Gasteiger charge is 2.32. The van der Waals surface area contributed by atoms with Gasteiger partial charge in [0, 0.05) is 17.6 Å². The minimum absolute atomic E-state index is 0.0410. The van der Waals surface area contributed by atoms with Crippen LogP contribution >= 0.6 is 34.8 Å². The molecule has 1 N–H and O–H groups in total. The van der Waals surface area contributed by atoms with Gasteiger partial charge >= 0.3 is 0 Å². The summed E-state index contributed by atoms with van der Waals surface area (Å²) in [6.07, 6.45) is 2.08. The van der Waals surface area contributed by atoms with Crippen molar-refractivity contribution in [2.75, 3.05) is 17.1 Å². The van der Waals surface area contributed by atoms with E-state index in [-0.39, 0.29) is 18.5 Å². The van der Waals surface area contributed by atoms with Gasteiger partial charge in [0.05, 0.1) is 22.0 Å². The second kappa shape index (κ2) is 13.0. The fraction of sp³-hybridized carbons (Fsp3) is 0.440. The van der Waals surface area contributed by atoms with Gasteiger partial charge in [-0.1, -0.05) is 54.7 Å². The van der Waals surface area contributed by atoms with Gasteiger partial charge in [-0.3, -0.25) is 13.9 Å². The van der Waals surface area contributed by atoms with Gasteiger partial charge in [-0.05, 0) is 68.1 Å². The molecule has 0 aliphatic rings. The van der Waals surface area contributed by atoms with Gasteiger partial charge in [-0.2, -0.15) is 0 Å². The van der Waals surface area contributed by atoms with Crippen molar-refractivity contribution in [1.29, 1.82) is 0 Å². The maximum Gasteiger partial charge on any atom is 0.244 e. The second-order valence-corrected chi connectivity index (χ2v) is 11.9. The van der Waals surface area contributed by atoms with Crippen LogP contribution < -0.4 is 9.62 Å². The third-order valence-electron chi connectivity index (χ3n) is 5.83. The van der Waals surface area contributed by atoms with Crippen molar-refractivity contribution < 1.29 is 18.0 Å². The topological polar surface area (TPSA) is 86.8 Å². The molecule has 0 radical (unpaired) electrons. The molecule has 0 bridgehead atoms. The maximum atomic E-state index is 13.7. The van der Waals surface area contributed by atoms with Crippen LogP contribution in [-0.2, 0) is 26.2 Å². The van der Waals surface area contributed by atoms with Crippen LogP contribution in [0.1, 0.15) is 44.7 Å². The van der Waals surface area contributed by atoms with Crippen molar-refractivity contribution in [3.8, 4) is 0 Å². The number of anilines is 1. The third-order valence-corrected chi connectivity index (χ3v) is 7.93. The molecule has 0 aliphatic heterocycles. The summed E-state index contributed by atoms with van der Waals surface area (Å²) in [5.41, 5.74) is 1.58. The van der Waals surface area contributed by atoms with E-state index >= 15 is 0 Å². The zero-order valence-corrected chi connectivity index (χ0v) is 24.1. The average Bonchev–Trinajstić information content (AvgIpc) is 2.79. The zero-order valence-electron chi connectivity index (χ0n) is 21.0. The van der Waals surface area contributed by atoms with Crippen LogP contribution in [0, 0.1) is 6.92 Å². The average molecular weight is 577 g/mol. The number of rotatable bonds is 11. The van der Waals surface area contributed by atoms with Crippen LogP contribution in [0.3, 0.4) is 0 Å². The standard InChI is InChI=1S/C25H32Cl3N3O4S/c1-6-17(4)29-25(33)22(7-2)30(14-18-8-10-20(27)21(28)13-18)24(32)15-31(36(5,34)35)23-11-9-19(26)12-16(23)3/h8-13,17,22H,6-7,14-15H2,1-5H3,(H,29,33)/t17-,22-/m1/s1. The van der Waals surface area contributed by atoms with E-state index in [1.165, 1.54) is 4.90 Å². The SMILES string of the molecule is CC[C@@H](C)NC(=O)[C@@H](CC)N(Cc1ccc(Cl)c(Cl)c1)C(=O)CN(c1ccc(Cl)cc1C)S(C)(=O)=O. The van der Waals surface area contributed by atoms with Crippen molar-refractivity contribution in [2.45, 2.75) is 59.2 Å². The summed E-state index contributed by atoms with van der Waals surface area (Å²) in [6, 6.07) is 8.79. The van der Waals surface area contributed by atoms with E-state index in [0.717, 1.165) is 17.0 Å². The number of carbonyl (C=O) groups is 2. The molecule has 0 saturated heterocycles. The number of hydrogen-bond donors (Lipinski definition) is 1. The molecule has 0 fully saturated rings. The lowest BCUT2D eigenvalue weighted by Crippen LogP contribution is -2.53. The quantitative estimate of drug-likeness (QED) is 0.386. The summed E-state index contributed by atoms with van der Waals surface area (Å²) in [5.74, 6) is -0.846. The van der Waals surface area contributed by atoms with E-state index in [1.807, 2.05) is 13.8 Å². The number of amides is 2. The smallest absolute Gasteiger partial charge is 0.244 e. The van der Waals surface area contributed by atoms with Crippen molar-refractivity contribution in [3.63, 3.8) is 0 Å². The molecule has 0 saturated carbocycles. The molecule has 0 heterocycles. The molecule has 2 aromatic carbocycles. The fourth-order valence-electron chi connectivity index (χ4n) is 3.69. The predicted octanol–water partition coefficient (Wildman–Crippen LogP) is 5.44. The lowest BCUT2D eigenvalue weighted by Gasteiger charge is -2.33. The van der Waals surface area contributed by atoms with Crippen LogP contribution in [0.15, 0.2) is 36.4 Å². The minimum atomic E-state index is -3.84. The van der Waals surface area contributed by atoms with Gasteiger partial charge in [0.2, 0.25) is 21.8 Å². The molecule has 36 heavy (non-hydrogen) atoms. The molecule has 2 atom stereocenters. The first-order valence-corrected chi connectivity index (χ1v) is 14.5. The van der Waals surface area contributed by atoms with Crippen LogP contribution in [-0.4, -0.2) is 50.0 Å². The van der Waals surface area contributed by atoms with E-state index in [9.17, 15) is 18.0 Å². The third kappa shape index (κ3) is 8.00. The van der Waals surface area contributed by atoms with Crippen LogP contribution in [0.25, 0.3) is 0 Å². The fourth-order valence-corrected chi connectivity index (χ4v) is 5.14. The highest BCUT2D eigenvalue weighted by Crippen LogP contribution is 2.27. The predicted molar refractivity (Wildman–Crippen MR) is 147 cm³/mol. The Labute approximate surface area is 228 Å². The van der Waals surface area contributed by atoms with E-state index in [0.29, 0.717) is 38.3 Å². The Hall–Kier alpha value is -2.00. The molecule has 0 unspecified atom stereocenters. The van der Waals surface area contributed by atoms with Crippen molar-refractivity contribution in [1.82, 2.24) is 10.2 Å². The molecular weight excluding hydrogens is 545 g/mol. The zero-order chi connectivity index (χ0) is 27.2. The number of sulfonamides is 1. The Bertz CT molecular complexity index is 1210. The number of hydrogen-bond acceptors (Lipinski definition) is 4. The van der Waals surface area contributed by atoms with Crippen LogP contribution in [0.4, 0.5) is 5.69 Å². The molecule has 2 rings (SSSR count). The number of aryl methyl sites for hydroxylation is 1. The van der Waals surface area contributed by atoms with Gasteiger partial charge in [-0.15, -0.1) is 0 Å². The van der Waals surface area contributed by atoms with Gasteiger partial charge in [-0.25, -0.2) is 8.42 Å². The van der Waals surface area contributed by atoms with Crippen LogP contribution in [0.2, 0.25) is 15.1 Å². The van der Waals surface area contributed by atoms with Crippen molar-refractivity contribution in [2.24, 2.45) is 0 Å². The molecule has 0 aliphatic carbocycles. The van der Waals surface area contributed by atoms with Gasteiger partial charge in [0.25, 0.3) is 0 Å². The number of benzene rings is 2. The number of carbonyl (C=O) groups excluding carboxylic acids is 2. The molecule has 0 aromatic heterocycles. The molecule has 198 valence electrons. The van der Waals surface area contributed by atoms with E-state index in [2.05, 4.69) is 5.32 Å². The molecule has 2 aromatic rings. The van der Waals surface area contributed by atoms with Crippen LogP contribution in [0.5, 0.6) is 0 Å². The molecule has 0 spiro atoms. The summed E-state index contributed by atoms with van der Waals surface area (Å²) < 4.78 is 26.5. The molecular formula is C25H32Cl3N3O4S. The largest absolute Gasteiger partial charge is 0.352 e. The summed E-state index contributed by atoms with van der Waals surface area (Å²) in [5, 5.41) is 4.05. The Kier molecular flexibility index (Phi) is 10.9. The van der Waals surface area contributed by atoms with E-state index in [4.69, 9.17) is 34.8 Å². The Morgan fingerprint density at radius 1 is 1.00 bits per heavy atom. The number of nitrogens with one attached hydrogen (secondary N) is 1. The summed E-state index contributed by atoms with van der Waals surface area (Å²) in [6.45, 7) is 6.89. The lowest BCUT2D eigenvalue weighted by atomic mass is 10.1. The summed E-state index contributed by atoms with van der Waals surface area (Å²) >= 11 is 18.3. The molecule has 7 nitrogen and oxygen atoms in total. The van der Waals surface area contributed by atoms with Crippen molar-refractivity contribution in [3.05, 3.63) is 62.6 Å². The monoisotopic (exact) mass is 575 g/mol. The summed E-state index contributed by atoms with van der Waals surface area (Å²) in [4.78, 5) is 28.3. The number of halogens is 3. The lowest BCUT2D eigenvalue weighted by molar-refractivity contribution is -0.140. The summed E-state index contributed by atoms with van der Waals surface area (Å²) in [7, 11) is -3.84. The van der Waals surface area contributed by atoms with Gasteiger partial charge in [0.15, 0.2) is 0 Å². The molecule has 2 amide bonds. The van der Waals surface area contributed by atoms with Crippen molar-refractivity contribution >= 4 is 62.3 Å². The molecule has 11 heteroatoms. The normalized spacial score (nSPS) is 13.1. The first-order valence-electron chi connectivity index (χ1n) is 11.6. The Balaban J connectivity index is 2.50. The van der Waals surface area contributed by atoms with Gasteiger partial charge < -0.3 is 10.2 Å². The first-order chi connectivity index (χ1) is 16.8. The minimum Gasteiger partial charge on any atom is -0.352 e. The first kappa shape index (κ1) is 30.2. The Morgan fingerprint density at radius 2 is 1.67 bits per heavy atom.